The van der Waals surface area contributed by atoms with Crippen LogP contribution in [0.3, 0.4) is 0 Å². The summed E-state index contributed by atoms with van der Waals surface area (Å²) in [5.41, 5.74) is 3.36. The molecular formula is C18H15NO2. The van der Waals surface area contributed by atoms with Crippen LogP contribution < -0.4 is 0 Å². The highest BCUT2D eigenvalue weighted by Crippen LogP contribution is 2.26. The normalized spacial score (nSPS) is 11.8. The van der Waals surface area contributed by atoms with Crippen molar-refractivity contribution in [1.29, 1.82) is 0 Å². The fourth-order valence-electron chi connectivity index (χ4n) is 2.42. The van der Waals surface area contributed by atoms with Crippen molar-refractivity contribution in [3.8, 4) is 5.69 Å². The van der Waals surface area contributed by atoms with Crippen molar-refractivity contribution < 1.29 is 9.90 Å². The number of para-hydroxylation sites is 2. The van der Waals surface area contributed by atoms with Gasteiger partial charge in [0.2, 0.25) is 0 Å². The van der Waals surface area contributed by atoms with Crippen LogP contribution >= 0.6 is 0 Å². The summed E-state index contributed by atoms with van der Waals surface area (Å²) in [5.74, 6) is -0.897. The van der Waals surface area contributed by atoms with E-state index in [2.05, 4.69) is 4.57 Å². The van der Waals surface area contributed by atoms with E-state index in [1.807, 2.05) is 60.8 Å². The molecule has 0 bridgehead atoms. The average Bonchev–Trinajstić information content (AvgIpc) is 2.87. The monoisotopic (exact) mass is 277 g/mol. The van der Waals surface area contributed by atoms with Crippen molar-refractivity contribution in [1.82, 2.24) is 4.57 Å². The fourth-order valence-corrected chi connectivity index (χ4v) is 2.42. The Kier molecular flexibility index (Phi) is 3.32. The molecule has 0 fully saturated rings. The van der Waals surface area contributed by atoms with E-state index in [9.17, 15) is 4.79 Å². The predicted octanol–water partition coefficient (Wildman–Crippen LogP) is 4.12. The second-order valence-corrected chi connectivity index (χ2v) is 4.94. The molecule has 3 nitrogen and oxygen atoms in total. The molecule has 21 heavy (non-hydrogen) atoms. The lowest BCUT2D eigenvalue weighted by Gasteiger charge is -2.04. The summed E-state index contributed by atoms with van der Waals surface area (Å²) in [6.07, 6.45) is 3.69. The molecule has 0 saturated carbocycles. The average molecular weight is 277 g/mol. The van der Waals surface area contributed by atoms with E-state index in [-0.39, 0.29) is 0 Å². The second-order valence-electron chi connectivity index (χ2n) is 4.94. The molecule has 3 heteroatoms. The number of carboxylic acid groups (broad SMARTS) is 1. The van der Waals surface area contributed by atoms with E-state index < -0.39 is 5.97 Å². The van der Waals surface area contributed by atoms with E-state index in [4.69, 9.17) is 5.11 Å². The smallest absolute Gasteiger partial charge is 0.331 e. The van der Waals surface area contributed by atoms with Crippen LogP contribution in [0.25, 0.3) is 22.7 Å². The minimum atomic E-state index is -0.897. The molecule has 0 atom stereocenters. The topological polar surface area (TPSA) is 42.2 Å². The number of benzene rings is 2. The Balaban J connectivity index is 2.24. The van der Waals surface area contributed by atoms with Crippen molar-refractivity contribution >= 4 is 22.9 Å². The first-order valence-corrected chi connectivity index (χ1v) is 6.74. The van der Waals surface area contributed by atoms with E-state index in [0.717, 1.165) is 22.2 Å². The number of carboxylic acids is 1. The van der Waals surface area contributed by atoms with Gasteiger partial charge >= 0.3 is 5.97 Å². The van der Waals surface area contributed by atoms with E-state index in [1.165, 1.54) is 0 Å². The van der Waals surface area contributed by atoms with Gasteiger partial charge in [-0.2, -0.15) is 0 Å². The fraction of sp³-hybridized carbons (Fsp3) is 0.0556. The standard InChI is InChI=1S/C18H15NO2/c1-13(18(20)21)11-14-12-19(15-7-3-2-4-8-15)17-10-6-5-9-16(14)17/h2-12H,1H3,(H,20,21)/b13-11-. The Labute approximate surface area is 122 Å². The SMILES string of the molecule is C/C(=C/c1cn(-c2ccccc2)c2ccccc12)C(=O)O. The number of nitrogens with zero attached hydrogens (tertiary/aromatic N) is 1. The summed E-state index contributed by atoms with van der Waals surface area (Å²) in [6, 6.07) is 18.0. The van der Waals surface area contributed by atoms with Gasteiger partial charge < -0.3 is 9.67 Å². The lowest BCUT2D eigenvalue weighted by molar-refractivity contribution is -0.132. The number of aromatic nitrogens is 1. The maximum Gasteiger partial charge on any atom is 0.331 e. The van der Waals surface area contributed by atoms with Gasteiger partial charge in [-0.25, -0.2) is 4.79 Å². The first-order valence-electron chi connectivity index (χ1n) is 6.74. The number of carbonyl (C=O) groups is 1. The number of aliphatic carboxylic acids is 1. The Morgan fingerprint density at radius 2 is 1.71 bits per heavy atom. The first kappa shape index (κ1) is 13.2. The third-order valence-electron chi connectivity index (χ3n) is 3.49. The largest absolute Gasteiger partial charge is 0.478 e. The molecule has 0 aliphatic carbocycles. The first-order chi connectivity index (χ1) is 10.2. The zero-order valence-electron chi connectivity index (χ0n) is 11.7. The molecule has 0 spiro atoms. The number of hydrogen-bond acceptors (Lipinski definition) is 1. The summed E-state index contributed by atoms with van der Waals surface area (Å²) in [4.78, 5) is 11.0. The van der Waals surface area contributed by atoms with E-state index in [0.29, 0.717) is 5.57 Å². The van der Waals surface area contributed by atoms with Crippen LogP contribution in [0.15, 0.2) is 66.4 Å². The van der Waals surface area contributed by atoms with Crippen LogP contribution in [-0.2, 0) is 4.79 Å². The lowest BCUT2D eigenvalue weighted by atomic mass is 10.1. The number of hydrogen-bond donors (Lipinski definition) is 1. The van der Waals surface area contributed by atoms with Crippen molar-refractivity contribution in [2.24, 2.45) is 0 Å². The zero-order valence-corrected chi connectivity index (χ0v) is 11.7. The van der Waals surface area contributed by atoms with Gasteiger partial charge in [0, 0.05) is 28.4 Å². The van der Waals surface area contributed by atoms with Gasteiger partial charge in [-0.05, 0) is 31.2 Å². The highest BCUT2D eigenvalue weighted by molar-refractivity contribution is 5.97. The van der Waals surface area contributed by atoms with Crippen LogP contribution in [0.1, 0.15) is 12.5 Å². The van der Waals surface area contributed by atoms with Gasteiger partial charge in [-0.15, -0.1) is 0 Å². The quantitative estimate of drug-likeness (QED) is 0.732. The summed E-state index contributed by atoms with van der Waals surface area (Å²) in [5, 5.41) is 10.1. The summed E-state index contributed by atoms with van der Waals surface area (Å²) >= 11 is 0. The molecule has 1 heterocycles. The predicted molar refractivity (Wildman–Crippen MR) is 84.6 cm³/mol. The molecule has 0 aliphatic rings. The molecule has 0 unspecified atom stereocenters. The molecule has 1 aromatic heterocycles. The van der Waals surface area contributed by atoms with Crippen LogP contribution in [0.5, 0.6) is 0 Å². The summed E-state index contributed by atoms with van der Waals surface area (Å²) in [6.45, 7) is 1.61. The van der Waals surface area contributed by atoms with E-state index in [1.54, 1.807) is 13.0 Å². The van der Waals surface area contributed by atoms with Crippen molar-refractivity contribution in [2.75, 3.05) is 0 Å². The Hall–Kier alpha value is -2.81. The molecule has 104 valence electrons. The highest BCUT2D eigenvalue weighted by Gasteiger charge is 2.09. The Morgan fingerprint density at radius 3 is 2.43 bits per heavy atom. The van der Waals surface area contributed by atoms with Gasteiger partial charge in [0.15, 0.2) is 0 Å². The van der Waals surface area contributed by atoms with Gasteiger partial charge in [0.25, 0.3) is 0 Å². The summed E-state index contributed by atoms with van der Waals surface area (Å²) < 4.78 is 2.08. The molecule has 0 radical (unpaired) electrons. The van der Waals surface area contributed by atoms with Gasteiger partial charge in [0.05, 0.1) is 5.52 Å². The second kappa shape index (κ2) is 5.29. The van der Waals surface area contributed by atoms with Crippen LogP contribution in [0.2, 0.25) is 0 Å². The maximum atomic E-state index is 11.0. The van der Waals surface area contributed by atoms with Gasteiger partial charge in [-0.3, -0.25) is 0 Å². The van der Waals surface area contributed by atoms with Crippen LogP contribution in [-0.4, -0.2) is 15.6 Å². The number of rotatable bonds is 3. The maximum absolute atomic E-state index is 11.0. The molecular weight excluding hydrogens is 262 g/mol. The van der Waals surface area contributed by atoms with Gasteiger partial charge in [-0.1, -0.05) is 36.4 Å². The van der Waals surface area contributed by atoms with Crippen molar-refractivity contribution in [2.45, 2.75) is 6.92 Å². The minimum Gasteiger partial charge on any atom is -0.478 e. The highest BCUT2D eigenvalue weighted by atomic mass is 16.4. The van der Waals surface area contributed by atoms with Gasteiger partial charge in [0.1, 0.15) is 0 Å². The van der Waals surface area contributed by atoms with Crippen molar-refractivity contribution in [3.05, 3.63) is 71.9 Å². The zero-order chi connectivity index (χ0) is 14.8. The number of fused-ring (bicyclic) bond motifs is 1. The minimum absolute atomic E-state index is 0.325. The molecule has 0 aliphatic heterocycles. The third-order valence-corrected chi connectivity index (χ3v) is 3.49. The van der Waals surface area contributed by atoms with Crippen LogP contribution in [0.4, 0.5) is 0 Å². The van der Waals surface area contributed by atoms with Crippen molar-refractivity contribution in [3.63, 3.8) is 0 Å². The Bertz CT molecular complexity index is 829. The molecule has 2 aromatic carbocycles. The lowest BCUT2D eigenvalue weighted by Crippen LogP contribution is -1.95. The van der Waals surface area contributed by atoms with E-state index >= 15 is 0 Å². The Morgan fingerprint density at radius 1 is 1.05 bits per heavy atom. The molecule has 3 aromatic rings. The molecule has 1 N–H and O–H groups in total. The summed E-state index contributed by atoms with van der Waals surface area (Å²) in [7, 11) is 0. The third kappa shape index (κ3) is 2.46. The molecule has 3 rings (SSSR count). The van der Waals surface area contributed by atoms with Crippen LogP contribution in [0, 0.1) is 0 Å². The molecule has 0 amide bonds. The molecule has 0 saturated heterocycles.